The molecule has 0 aromatic rings. The molecule has 0 spiro atoms. The lowest BCUT2D eigenvalue weighted by atomic mass is 10.7. The van der Waals surface area contributed by atoms with E-state index in [0.717, 1.165) is 0 Å². The minimum atomic E-state index is -1.84. The topological polar surface area (TPSA) is 26.3 Å². The van der Waals surface area contributed by atoms with E-state index in [0.29, 0.717) is 0 Å². The van der Waals surface area contributed by atoms with E-state index >= 15 is 0 Å². The Morgan fingerprint density at radius 1 is 2.00 bits per heavy atom. The van der Waals surface area contributed by atoms with Crippen LogP contribution < -0.4 is 0 Å². The van der Waals surface area contributed by atoms with Crippen molar-refractivity contribution in [2.45, 2.75) is 0 Å². The van der Waals surface area contributed by atoms with Gasteiger partial charge in [0.15, 0.2) is 0 Å². The Morgan fingerprint density at radius 3 is 2.71 bits per heavy atom. The van der Waals surface area contributed by atoms with Gasteiger partial charge >= 0.3 is 0 Å². The first-order chi connectivity index (χ1) is 3.27. The highest BCUT2D eigenvalue weighted by Crippen LogP contribution is 1.71. The van der Waals surface area contributed by atoms with Crippen molar-refractivity contribution in [3.8, 4) is 0 Å². The third-order valence-corrected chi connectivity index (χ3v) is 0.974. The van der Waals surface area contributed by atoms with Crippen LogP contribution in [0.2, 0.25) is 0 Å². The van der Waals surface area contributed by atoms with E-state index < -0.39 is 9.64 Å². The molecule has 0 rings (SSSR count). The molecule has 7 heavy (non-hydrogen) atoms. The molecule has 0 bridgehead atoms. The molecule has 42 valence electrons. The van der Waals surface area contributed by atoms with E-state index in [1.165, 1.54) is 6.08 Å². The highest BCUT2D eigenvalue weighted by atomic mass is 32.8. The maximum absolute atomic E-state index is 9.90. The lowest BCUT2D eigenvalue weighted by molar-refractivity contribution is 0.407. The monoisotopic (exact) mass is 138 g/mol. The minimum Gasteiger partial charge on any atom is -0.288 e. The van der Waals surface area contributed by atoms with E-state index in [4.69, 9.17) is 0 Å². The second kappa shape index (κ2) is 4.23. The Labute approximate surface area is 49.1 Å². The van der Waals surface area contributed by atoms with Gasteiger partial charge in [0, 0.05) is 11.2 Å². The molecule has 0 N–H and O–H groups in total. The number of hydrogen-bond donors (Lipinski definition) is 1. The van der Waals surface area contributed by atoms with Crippen molar-refractivity contribution in [3.63, 3.8) is 0 Å². The molecule has 1 unspecified atom stereocenters. The second-order valence-corrected chi connectivity index (χ2v) is 2.41. The highest BCUT2D eigenvalue weighted by Gasteiger charge is 1.72. The summed E-state index contributed by atoms with van der Waals surface area (Å²) >= 11 is 4.18. The predicted molar refractivity (Wildman–Crippen MR) is 33.1 cm³/mol. The first kappa shape index (κ1) is 7.07. The summed E-state index contributed by atoms with van der Waals surface area (Å²) < 4.78 is 14.3. The van der Waals surface area contributed by atoms with E-state index in [9.17, 15) is 4.21 Å². The fourth-order valence-corrected chi connectivity index (χ4v) is 0.523. The van der Waals surface area contributed by atoms with Gasteiger partial charge in [0.2, 0.25) is 0 Å². The smallest absolute Gasteiger partial charge is 0.133 e. The zero-order valence-corrected chi connectivity index (χ0v) is 5.37. The number of hydrogen-bond acceptors (Lipinski definition) is 3. The SMILES string of the molecule is C=CCO[SH](=O)=S. The van der Waals surface area contributed by atoms with Crippen molar-refractivity contribution >= 4 is 20.8 Å². The molecule has 0 aliphatic carbocycles. The van der Waals surface area contributed by atoms with Crippen LogP contribution in [0.15, 0.2) is 12.7 Å². The molecule has 4 heteroatoms. The standard InChI is InChI=1S/C3H6O2S2/c1-2-3-5-7(4)6/h2,7H,1,3H2. The van der Waals surface area contributed by atoms with Crippen LogP contribution in [0, 0.1) is 0 Å². The predicted octanol–water partition coefficient (Wildman–Crippen LogP) is 0.0469. The van der Waals surface area contributed by atoms with Gasteiger partial charge in [-0.3, -0.25) is 4.18 Å². The van der Waals surface area contributed by atoms with Crippen molar-refractivity contribution in [1.82, 2.24) is 0 Å². The molecule has 0 fully saturated rings. The lowest BCUT2D eigenvalue weighted by Gasteiger charge is -1.83. The average Bonchev–Trinajstić information content (AvgIpc) is 1.61. The van der Waals surface area contributed by atoms with Crippen LogP contribution in [-0.2, 0) is 25.0 Å². The summed E-state index contributed by atoms with van der Waals surface area (Å²) in [6, 6.07) is 0. The summed E-state index contributed by atoms with van der Waals surface area (Å²) in [5.41, 5.74) is 0. The third-order valence-electron chi connectivity index (χ3n) is 0.298. The van der Waals surface area contributed by atoms with Crippen LogP contribution in [0.3, 0.4) is 0 Å². The molecule has 0 saturated carbocycles. The number of thiol groups is 1. The first-order valence-corrected chi connectivity index (χ1v) is 3.84. The second-order valence-electron chi connectivity index (χ2n) is 0.808. The van der Waals surface area contributed by atoms with Gasteiger partial charge in [-0.05, 0) is 0 Å². The van der Waals surface area contributed by atoms with E-state index in [-0.39, 0.29) is 6.61 Å². The normalized spacial score (nSPS) is 13.1. The zero-order chi connectivity index (χ0) is 5.70. The van der Waals surface area contributed by atoms with Gasteiger partial charge in [0.25, 0.3) is 0 Å². The van der Waals surface area contributed by atoms with E-state index in [1.807, 2.05) is 0 Å². The summed E-state index contributed by atoms with van der Waals surface area (Å²) in [4.78, 5) is 0. The zero-order valence-electron chi connectivity index (χ0n) is 3.66. The molecule has 0 amide bonds. The highest BCUT2D eigenvalue weighted by molar-refractivity contribution is 8.19. The van der Waals surface area contributed by atoms with E-state index in [2.05, 4.69) is 22.0 Å². The Balaban J connectivity index is 3.14. The van der Waals surface area contributed by atoms with Crippen molar-refractivity contribution < 1.29 is 8.39 Å². The van der Waals surface area contributed by atoms with Gasteiger partial charge in [0.05, 0.1) is 6.61 Å². The summed E-state index contributed by atoms with van der Waals surface area (Å²) in [6.45, 7) is 3.61. The van der Waals surface area contributed by atoms with Gasteiger partial charge in [-0.1, -0.05) is 6.08 Å². The van der Waals surface area contributed by atoms with Crippen LogP contribution in [0.4, 0.5) is 0 Å². The molecular formula is C3H6O2S2. The summed E-state index contributed by atoms with van der Waals surface area (Å²) in [6.07, 6.45) is 1.50. The summed E-state index contributed by atoms with van der Waals surface area (Å²) in [7, 11) is -1.84. The van der Waals surface area contributed by atoms with Crippen molar-refractivity contribution in [1.29, 1.82) is 0 Å². The minimum absolute atomic E-state index is 0.276. The van der Waals surface area contributed by atoms with Gasteiger partial charge in [0.1, 0.15) is 9.64 Å². The maximum Gasteiger partial charge on any atom is 0.133 e. The third kappa shape index (κ3) is 6.07. The average molecular weight is 138 g/mol. The first-order valence-electron chi connectivity index (χ1n) is 1.65. The van der Waals surface area contributed by atoms with Crippen molar-refractivity contribution in [3.05, 3.63) is 12.7 Å². The maximum atomic E-state index is 9.90. The summed E-state index contributed by atoms with van der Waals surface area (Å²) in [5.74, 6) is 0. The molecule has 2 nitrogen and oxygen atoms in total. The Hall–Kier alpha value is 0.0700. The Kier molecular flexibility index (Phi) is 4.28. The van der Waals surface area contributed by atoms with Crippen LogP contribution in [0.1, 0.15) is 0 Å². The molecular weight excluding hydrogens is 132 g/mol. The summed E-state index contributed by atoms with van der Waals surface area (Å²) in [5, 5.41) is 0. The molecule has 0 aliphatic rings. The fraction of sp³-hybridized carbons (Fsp3) is 0.333. The molecule has 1 atom stereocenters. The van der Waals surface area contributed by atoms with Crippen LogP contribution in [0.25, 0.3) is 0 Å². The van der Waals surface area contributed by atoms with Gasteiger partial charge < -0.3 is 0 Å². The number of rotatable bonds is 3. The van der Waals surface area contributed by atoms with Crippen molar-refractivity contribution in [2.24, 2.45) is 0 Å². The molecule has 0 saturated heterocycles. The fourth-order valence-electron chi connectivity index (χ4n) is 0.114. The molecule has 0 aromatic heterocycles. The van der Waals surface area contributed by atoms with E-state index in [1.54, 1.807) is 0 Å². The molecule has 0 radical (unpaired) electrons. The quantitative estimate of drug-likeness (QED) is 0.441. The van der Waals surface area contributed by atoms with Gasteiger partial charge in [-0.2, -0.15) is 0 Å². The van der Waals surface area contributed by atoms with Crippen LogP contribution in [0.5, 0.6) is 0 Å². The van der Waals surface area contributed by atoms with Crippen LogP contribution >= 0.6 is 0 Å². The lowest BCUT2D eigenvalue weighted by Crippen LogP contribution is -1.83. The molecule has 0 heterocycles. The van der Waals surface area contributed by atoms with Crippen molar-refractivity contribution in [2.75, 3.05) is 6.61 Å². The van der Waals surface area contributed by atoms with Gasteiger partial charge in [-0.15, -0.1) is 6.58 Å². The Bertz CT molecular complexity index is 108. The molecule has 0 aliphatic heterocycles. The van der Waals surface area contributed by atoms with Crippen LogP contribution in [-0.4, -0.2) is 10.8 Å². The van der Waals surface area contributed by atoms with Gasteiger partial charge in [-0.25, -0.2) is 4.21 Å². The molecule has 0 aromatic carbocycles. The Morgan fingerprint density at radius 2 is 2.57 bits per heavy atom. The largest absolute Gasteiger partial charge is 0.288 e.